The van der Waals surface area contributed by atoms with Crippen LogP contribution in [0.25, 0.3) is 0 Å². The molecule has 1 nitrogen and oxygen atoms in total. The van der Waals surface area contributed by atoms with Crippen LogP contribution in [-0.2, 0) is 19.3 Å². The van der Waals surface area contributed by atoms with Gasteiger partial charge in [-0.1, -0.05) is 62.7 Å². The van der Waals surface area contributed by atoms with Crippen molar-refractivity contribution in [2.45, 2.75) is 53.0 Å². The Hall–Kier alpha value is -1.60. The van der Waals surface area contributed by atoms with Crippen molar-refractivity contribution in [3.63, 3.8) is 0 Å². The average Bonchev–Trinajstić information content (AvgIpc) is 2.53. The summed E-state index contributed by atoms with van der Waals surface area (Å²) in [6, 6.07) is 13.3. The standard InChI is InChI=1S/C20H27N/c1-5-15-12-16(6-2)19(17(7-3)13-15)20(21)18-10-8-14(4)9-11-18/h8-13,20H,5-7,21H2,1-4H3. The summed E-state index contributed by atoms with van der Waals surface area (Å²) in [5, 5.41) is 0. The maximum absolute atomic E-state index is 6.61. The van der Waals surface area contributed by atoms with Crippen LogP contribution in [-0.4, -0.2) is 0 Å². The molecule has 1 unspecified atom stereocenters. The Morgan fingerprint density at radius 3 is 1.81 bits per heavy atom. The first kappa shape index (κ1) is 15.8. The smallest absolute Gasteiger partial charge is 0.0557 e. The molecule has 0 fully saturated rings. The van der Waals surface area contributed by atoms with Crippen LogP contribution in [0.15, 0.2) is 36.4 Å². The summed E-state index contributed by atoms with van der Waals surface area (Å²) in [7, 11) is 0. The fraction of sp³-hybridized carbons (Fsp3) is 0.400. The van der Waals surface area contributed by atoms with Gasteiger partial charge < -0.3 is 5.73 Å². The van der Waals surface area contributed by atoms with Crippen molar-refractivity contribution in [3.05, 3.63) is 69.8 Å². The molecule has 0 aromatic heterocycles. The first-order valence-electron chi connectivity index (χ1n) is 8.07. The lowest BCUT2D eigenvalue weighted by Gasteiger charge is -2.22. The van der Waals surface area contributed by atoms with Crippen molar-refractivity contribution in [1.29, 1.82) is 0 Å². The van der Waals surface area contributed by atoms with Gasteiger partial charge in [0.05, 0.1) is 6.04 Å². The molecule has 2 N–H and O–H groups in total. The number of benzene rings is 2. The van der Waals surface area contributed by atoms with Gasteiger partial charge >= 0.3 is 0 Å². The van der Waals surface area contributed by atoms with E-state index in [1.54, 1.807) is 0 Å². The van der Waals surface area contributed by atoms with Crippen molar-refractivity contribution in [3.8, 4) is 0 Å². The van der Waals surface area contributed by atoms with E-state index in [0.29, 0.717) is 0 Å². The highest BCUT2D eigenvalue weighted by molar-refractivity contribution is 5.45. The molecule has 0 aliphatic heterocycles. The molecule has 21 heavy (non-hydrogen) atoms. The molecule has 0 radical (unpaired) electrons. The molecule has 0 saturated heterocycles. The first-order valence-corrected chi connectivity index (χ1v) is 8.07. The van der Waals surface area contributed by atoms with E-state index >= 15 is 0 Å². The molecule has 0 amide bonds. The minimum Gasteiger partial charge on any atom is -0.320 e. The Morgan fingerprint density at radius 1 is 0.857 bits per heavy atom. The van der Waals surface area contributed by atoms with Crippen LogP contribution in [0.2, 0.25) is 0 Å². The van der Waals surface area contributed by atoms with Crippen LogP contribution in [0.3, 0.4) is 0 Å². The molecular weight excluding hydrogens is 254 g/mol. The number of hydrogen-bond acceptors (Lipinski definition) is 1. The van der Waals surface area contributed by atoms with Crippen molar-refractivity contribution < 1.29 is 0 Å². The van der Waals surface area contributed by atoms with E-state index in [9.17, 15) is 0 Å². The summed E-state index contributed by atoms with van der Waals surface area (Å²) < 4.78 is 0. The monoisotopic (exact) mass is 281 g/mol. The normalized spacial score (nSPS) is 12.4. The summed E-state index contributed by atoms with van der Waals surface area (Å²) in [6.07, 6.45) is 3.16. The van der Waals surface area contributed by atoms with Crippen molar-refractivity contribution >= 4 is 0 Å². The molecule has 112 valence electrons. The second-order valence-corrected chi connectivity index (χ2v) is 5.78. The lowest BCUT2D eigenvalue weighted by Crippen LogP contribution is -2.17. The lowest BCUT2D eigenvalue weighted by molar-refractivity contribution is 0.824. The number of aryl methyl sites for hydroxylation is 4. The summed E-state index contributed by atoms with van der Waals surface area (Å²) in [4.78, 5) is 0. The molecule has 0 aliphatic carbocycles. The second-order valence-electron chi connectivity index (χ2n) is 5.78. The summed E-state index contributed by atoms with van der Waals surface area (Å²) in [5.41, 5.74) is 14.6. The van der Waals surface area contributed by atoms with E-state index in [1.807, 2.05) is 0 Å². The third-order valence-corrected chi connectivity index (χ3v) is 4.33. The van der Waals surface area contributed by atoms with Gasteiger partial charge in [-0.15, -0.1) is 0 Å². The third kappa shape index (κ3) is 3.36. The SMILES string of the molecule is CCc1cc(CC)c(C(N)c2ccc(C)cc2)c(CC)c1. The third-order valence-electron chi connectivity index (χ3n) is 4.33. The molecule has 2 aromatic carbocycles. The quantitative estimate of drug-likeness (QED) is 0.842. The van der Waals surface area contributed by atoms with E-state index in [-0.39, 0.29) is 6.04 Å². The van der Waals surface area contributed by atoms with Gasteiger partial charge in [0.25, 0.3) is 0 Å². The van der Waals surface area contributed by atoms with Gasteiger partial charge in [-0.3, -0.25) is 0 Å². The highest BCUT2D eigenvalue weighted by Crippen LogP contribution is 2.29. The highest BCUT2D eigenvalue weighted by atomic mass is 14.6. The summed E-state index contributed by atoms with van der Waals surface area (Å²) >= 11 is 0. The van der Waals surface area contributed by atoms with Gasteiger partial charge in [0.1, 0.15) is 0 Å². The molecular formula is C20H27N. The predicted molar refractivity (Wildman–Crippen MR) is 91.8 cm³/mol. The lowest BCUT2D eigenvalue weighted by atomic mass is 9.86. The zero-order chi connectivity index (χ0) is 15.4. The fourth-order valence-corrected chi connectivity index (χ4v) is 2.98. The Morgan fingerprint density at radius 2 is 1.38 bits per heavy atom. The van der Waals surface area contributed by atoms with Crippen LogP contribution in [0.4, 0.5) is 0 Å². The van der Waals surface area contributed by atoms with Crippen molar-refractivity contribution in [2.24, 2.45) is 5.73 Å². The van der Waals surface area contributed by atoms with Crippen LogP contribution >= 0.6 is 0 Å². The molecule has 0 saturated carbocycles. The van der Waals surface area contributed by atoms with E-state index in [4.69, 9.17) is 5.73 Å². The van der Waals surface area contributed by atoms with E-state index in [1.165, 1.54) is 33.4 Å². The summed E-state index contributed by atoms with van der Waals surface area (Å²) in [5.74, 6) is 0. The Balaban J connectivity index is 2.52. The van der Waals surface area contributed by atoms with Crippen LogP contribution in [0.1, 0.15) is 60.2 Å². The maximum Gasteiger partial charge on any atom is 0.0557 e. The fourth-order valence-electron chi connectivity index (χ4n) is 2.98. The molecule has 1 heteroatoms. The molecule has 0 spiro atoms. The maximum atomic E-state index is 6.61. The topological polar surface area (TPSA) is 26.0 Å². The second kappa shape index (κ2) is 6.91. The molecule has 0 bridgehead atoms. The van der Waals surface area contributed by atoms with Gasteiger partial charge in [0.15, 0.2) is 0 Å². The highest BCUT2D eigenvalue weighted by Gasteiger charge is 2.17. The largest absolute Gasteiger partial charge is 0.320 e. The Bertz CT molecular complexity index is 571. The van der Waals surface area contributed by atoms with Crippen molar-refractivity contribution in [1.82, 2.24) is 0 Å². The zero-order valence-electron chi connectivity index (χ0n) is 13.7. The molecule has 0 aliphatic rings. The van der Waals surface area contributed by atoms with E-state index in [2.05, 4.69) is 64.1 Å². The van der Waals surface area contributed by atoms with Gasteiger partial charge in [-0.2, -0.15) is 0 Å². The zero-order valence-corrected chi connectivity index (χ0v) is 13.7. The Labute approximate surface area is 129 Å². The summed E-state index contributed by atoms with van der Waals surface area (Å²) in [6.45, 7) is 8.77. The molecule has 1 atom stereocenters. The first-order chi connectivity index (χ1) is 10.1. The van der Waals surface area contributed by atoms with E-state index in [0.717, 1.165) is 19.3 Å². The number of rotatable bonds is 5. The van der Waals surface area contributed by atoms with Crippen LogP contribution < -0.4 is 5.73 Å². The van der Waals surface area contributed by atoms with Crippen molar-refractivity contribution in [2.75, 3.05) is 0 Å². The predicted octanol–water partition coefficient (Wildman–Crippen LogP) is 4.73. The molecule has 2 rings (SSSR count). The number of nitrogens with two attached hydrogens (primary N) is 1. The van der Waals surface area contributed by atoms with Gasteiger partial charge in [0, 0.05) is 0 Å². The van der Waals surface area contributed by atoms with Crippen LogP contribution in [0, 0.1) is 6.92 Å². The van der Waals surface area contributed by atoms with Gasteiger partial charge in [-0.05, 0) is 54.0 Å². The van der Waals surface area contributed by atoms with Crippen LogP contribution in [0.5, 0.6) is 0 Å². The van der Waals surface area contributed by atoms with E-state index < -0.39 is 0 Å². The number of hydrogen-bond donors (Lipinski definition) is 1. The van der Waals surface area contributed by atoms with Gasteiger partial charge in [-0.25, -0.2) is 0 Å². The molecule has 2 aromatic rings. The molecule has 0 heterocycles. The average molecular weight is 281 g/mol. The minimum atomic E-state index is -0.0265. The Kier molecular flexibility index (Phi) is 5.19. The van der Waals surface area contributed by atoms with Gasteiger partial charge in [0.2, 0.25) is 0 Å². The minimum absolute atomic E-state index is 0.0265.